The van der Waals surface area contributed by atoms with Gasteiger partial charge in [0.1, 0.15) is 17.3 Å². The number of carbonyl (C=O) groups is 1. The highest BCUT2D eigenvalue weighted by Crippen LogP contribution is 2.25. The molecule has 2 aromatic heterocycles. The van der Waals surface area contributed by atoms with Crippen molar-refractivity contribution in [3.63, 3.8) is 0 Å². The number of ether oxygens (including phenoxy) is 1. The zero-order chi connectivity index (χ0) is 20.9. The molecule has 0 spiro atoms. The van der Waals surface area contributed by atoms with Crippen LogP contribution in [-0.2, 0) is 11.2 Å². The lowest BCUT2D eigenvalue weighted by Crippen LogP contribution is -2.40. The number of likely N-dealkylation sites (tertiary alicyclic amines) is 1. The van der Waals surface area contributed by atoms with Gasteiger partial charge in [0.05, 0.1) is 19.1 Å². The van der Waals surface area contributed by atoms with Crippen LogP contribution in [0.2, 0.25) is 0 Å². The predicted octanol–water partition coefficient (Wildman–Crippen LogP) is 2.66. The van der Waals surface area contributed by atoms with Crippen LogP contribution in [-0.4, -0.2) is 45.8 Å². The summed E-state index contributed by atoms with van der Waals surface area (Å²) >= 11 is 0. The van der Waals surface area contributed by atoms with Gasteiger partial charge in [-0.25, -0.2) is 14.5 Å². The fourth-order valence-electron chi connectivity index (χ4n) is 3.86. The molecule has 1 aromatic carbocycles. The maximum atomic E-state index is 12.6. The SMILES string of the molecule is COc1ccccc1-n1c(C[C@H]2CCCN(C(=O)/C=C/c3ccco3)C2)n[nH]c1=O. The van der Waals surface area contributed by atoms with Crippen molar-refractivity contribution in [3.05, 3.63) is 70.8 Å². The van der Waals surface area contributed by atoms with Crippen LogP contribution in [0.1, 0.15) is 24.4 Å². The van der Waals surface area contributed by atoms with Gasteiger partial charge in [-0.15, -0.1) is 0 Å². The van der Waals surface area contributed by atoms with Gasteiger partial charge in [0, 0.05) is 25.6 Å². The minimum atomic E-state index is -0.306. The molecule has 8 heteroatoms. The molecular formula is C22H24N4O4. The van der Waals surface area contributed by atoms with Crippen molar-refractivity contribution >= 4 is 12.0 Å². The third-order valence-electron chi connectivity index (χ3n) is 5.30. The third-order valence-corrected chi connectivity index (χ3v) is 5.30. The van der Waals surface area contributed by atoms with Crippen molar-refractivity contribution in [2.24, 2.45) is 5.92 Å². The van der Waals surface area contributed by atoms with E-state index in [1.54, 1.807) is 42.2 Å². The van der Waals surface area contributed by atoms with E-state index in [0.29, 0.717) is 36.0 Å². The molecule has 1 aliphatic rings. The van der Waals surface area contributed by atoms with E-state index in [2.05, 4.69) is 10.2 Å². The molecule has 1 N–H and O–H groups in total. The molecule has 30 heavy (non-hydrogen) atoms. The van der Waals surface area contributed by atoms with Crippen LogP contribution in [0.25, 0.3) is 11.8 Å². The molecule has 1 fully saturated rings. The molecule has 1 aliphatic heterocycles. The Labute approximate surface area is 173 Å². The van der Waals surface area contributed by atoms with Crippen LogP contribution >= 0.6 is 0 Å². The van der Waals surface area contributed by atoms with E-state index in [1.807, 2.05) is 29.2 Å². The molecule has 3 heterocycles. The Morgan fingerprint density at radius 1 is 1.33 bits per heavy atom. The molecule has 4 rings (SSSR count). The lowest BCUT2D eigenvalue weighted by molar-refractivity contribution is -0.127. The number of amides is 1. The first-order valence-electron chi connectivity index (χ1n) is 9.96. The highest BCUT2D eigenvalue weighted by atomic mass is 16.5. The van der Waals surface area contributed by atoms with E-state index in [4.69, 9.17) is 9.15 Å². The van der Waals surface area contributed by atoms with Gasteiger partial charge >= 0.3 is 5.69 Å². The van der Waals surface area contributed by atoms with Crippen molar-refractivity contribution in [2.75, 3.05) is 20.2 Å². The van der Waals surface area contributed by atoms with Gasteiger partial charge in [-0.05, 0) is 49.1 Å². The number of nitrogens with one attached hydrogen (secondary N) is 1. The number of para-hydroxylation sites is 2. The van der Waals surface area contributed by atoms with Gasteiger partial charge in [-0.2, -0.15) is 5.10 Å². The minimum Gasteiger partial charge on any atom is -0.495 e. The first kappa shape index (κ1) is 19.8. The number of benzene rings is 1. The predicted molar refractivity (Wildman–Crippen MR) is 111 cm³/mol. The normalized spacial score (nSPS) is 16.8. The first-order chi connectivity index (χ1) is 14.7. The Bertz CT molecular complexity index is 1080. The lowest BCUT2D eigenvalue weighted by atomic mass is 9.94. The number of carbonyl (C=O) groups excluding carboxylic acids is 1. The number of H-pyrrole nitrogens is 1. The maximum Gasteiger partial charge on any atom is 0.348 e. The summed E-state index contributed by atoms with van der Waals surface area (Å²) in [5.74, 6) is 2.05. The third kappa shape index (κ3) is 4.22. The van der Waals surface area contributed by atoms with E-state index in [9.17, 15) is 9.59 Å². The summed E-state index contributed by atoms with van der Waals surface area (Å²) in [7, 11) is 1.57. The second-order valence-electron chi connectivity index (χ2n) is 7.30. The van der Waals surface area contributed by atoms with E-state index in [1.165, 1.54) is 0 Å². The first-order valence-corrected chi connectivity index (χ1v) is 9.96. The summed E-state index contributed by atoms with van der Waals surface area (Å²) in [6.07, 6.45) is 7.27. The van der Waals surface area contributed by atoms with Gasteiger partial charge in [-0.1, -0.05) is 12.1 Å². The van der Waals surface area contributed by atoms with Gasteiger partial charge in [-0.3, -0.25) is 4.79 Å². The van der Waals surface area contributed by atoms with Crippen molar-refractivity contribution in [3.8, 4) is 11.4 Å². The highest BCUT2D eigenvalue weighted by Gasteiger charge is 2.25. The molecule has 1 saturated heterocycles. The molecule has 3 aromatic rings. The zero-order valence-electron chi connectivity index (χ0n) is 16.8. The number of aromatic nitrogens is 3. The molecule has 0 unspecified atom stereocenters. The average Bonchev–Trinajstić information content (AvgIpc) is 3.42. The van der Waals surface area contributed by atoms with Gasteiger partial charge in [0.2, 0.25) is 5.91 Å². The number of hydrogen-bond donors (Lipinski definition) is 1. The smallest absolute Gasteiger partial charge is 0.348 e. The number of methoxy groups -OCH3 is 1. The fourth-order valence-corrected chi connectivity index (χ4v) is 3.86. The molecule has 156 valence electrons. The molecule has 8 nitrogen and oxygen atoms in total. The van der Waals surface area contributed by atoms with Gasteiger partial charge in [0.25, 0.3) is 0 Å². The highest BCUT2D eigenvalue weighted by molar-refractivity contribution is 5.91. The monoisotopic (exact) mass is 408 g/mol. The summed E-state index contributed by atoms with van der Waals surface area (Å²) < 4.78 is 12.2. The average molecular weight is 408 g/mol. The van der Waals surface area contributed by atoms with Crippen LogP contribution in [0, 0.1) is 5.92 Å². The van der Waals surface area contributed by atoms with Crippen molar-refractivity contribution in [2.45, 2.75) is 19.3 Å². The van der Waals surface area contributed by atoms with E-state index >= 15 is 0 Å². The lowest BCUT2D eigenvalue weighted by Gasteiger charge is -2.32. The number of hydrogen-bond acceptors (Lipinski definition) is 5. The number of piperidine rings is 1. The summed E-state index contributed by atoms with van der Waals surface area (Å²) in [6.45, 7) is 1.34. The van der Waals surface area contributed by atoms with Crippen molar-refractivity contribution in [1.82, 2.24) is 19.7 Å². The zero-order valence-corrected chi connectivity index (χ0v) is 16.8. The summed E-state index contributed by atoms with van der Waals surface area (Å²) in [6, 6.07) is 10.9. The Morgan fingerprint density at radius 2 is 2.20 bits per heavy atom. The largest absolute Gasteiger partial charge is 0.495 e. The van der Waals surface area contributed by atoms with Crippen LogP contribution in [0.5, 0.6) is 5.75 Å². The molecule has 0 saturated carbocycles. The maximum absolute atomic E-state index is 12.6. The second-order valence-corrected chi connectivity index (χ2v) is 7.30. The fraction of sp³-hybridized carbons (Fsp3) is 0.318. The van der Waals surface area contributed by atoms with E-state index in [-0.39, 0.29) is 17.5 Å². The molecule has 0 aliphatic carbocycles. The topological polar surface area (TPSA) is 93.4 Å². The quantitative estimate of drug-likeness (QED) is 0.633. The molecule has 1 amide bonds. The summed E-state index contributed by atoms with van der Waals surface area (Å²) in [5.41, 5.74) is 0.346. The van der Waals surface area contributed by atoms with E-state index in [0.717, 1.165) is 19.4 Å². The van der Waals surface area contributed by atoms with Crippen molar-refractivity contribution < 1.29 is 13.9 Å². The summed E-state index contributed by atoms with van der Waals surface area (Å²) in [5, 5.41) is 6.79. The van der Waals surface area contributed by atoms with Crippen LogP contribution in [0.15, 0.2) is 57.9 Å². The van der Waals surface area contributed by atoms with E-state index < -0.39 is 0 Å². The molecule has 0 radical (unpaired) electrons. The number of furan rings is 1. The Kier molecular flexibility index (Phi) is 5.83. The molecular weight excluding hydrogens is 384 g/mol. The number of nitrogens with zero attached hydrogens (tertiary/aromatic N) is 3. The Hall–Kier alpha value is -3.55. The number of aromatic amines is 1. The van der Waals surface area contributed by atoms with Crippen molar-refractivity contribution in [1.29, 1.82) is 0 Å². The molecule has 1 atom stereocenters. The van der Waals surface area contributed by atoms with Crippen LogP contribution < -0.4 is 10.4 Å². The number of rotatable bonds is 6. The van der Waals surface area contributed by atoms with Crippen LogP contribution in [0.3, 0.4) is 0 Å². The van der Waals surface area contributed by atoms with Crippen LogP contribution in [0.4, 0.5) is 0 Å². The summed E-state index contributed by atoms with van der Waals surface area (Å²) in [4.78, 5) is 26.8. The molecule has 0 bridgehead atoms. The second kappa shape index (κ2) is 8.86. The Morgan fingerprint density at radius 3 is 3.00 bits per heavy atom. The van der Waals surface area contributed by atoms with Gasteiger partial charge in [0.15, 0.2) is 0 Å². The van der Waals surface area contributed by atoms with Gasteiger partial charge < -0.3 is 14.1 Å². The standard InChI is InChI=1S/C22H24N4O4/c1-29-19-9-3-2-8-18(19)26-20(23-24-22(26)28)14-16-6-4-12-25(15-16)21(27)11-10-17-7-5-13-30-17/h2-3,5,7-11,13,16H,4,6,12,14-15H2,1H3,(H,24,28)/b11-10+/t16-/m1/s1. The Balaban J connectivity index is 1.49. The minimum absolute atomic E-state index is 0.0414.